The molecule has 4 rings (SSSR count). The van der Waals surface area contributed by atoms with Crippen LogP contribution in [0.1, 0.15) is 29.8 Å². The van der Waals surface area contributed by atoms with Gasteiger partial charge < -0.3 is 15.1 Å². The van der Waals surface area contributed by atoms with Crippen LogP contribution in [0.25, 0.3) is 0 Å². The van der Waals surface area contributed by atoms with E-state index in [-0.39, 0.29) is 0 Å². The summed E-state index contributed by atoms with van der Waals surface area (Å²) in [6, 6.07) is 6.14. The molecule has 0 aliphatic carbocycles. The number of rotatable bonds is 3. The Balaban J connectivity index is 0.000000286. The lowest BCUT2D eigenvalue weighted by Gasteiger charge is -2.21. The Labute approximate surface area is 207 Å². The molecule has 2 aliphatic rings. The minimum atomic E-state index is -5.08. The first-order chi connectivity index (χ1) is 17.3. The zero-order chi connectivity index (χ0) is 27.6. The first kappa shape index (κ1) is 29.7. The molecule has 2 aliphatic heterocycles. The van der Waals surface area contributed by atoms with Gasteiger partial charge in [0.15, 0.2) is 0 Å². The van der Waals surface area contributed by atoms with Crippen LogP contribution in [0.3, 0.4) is 0 Å². The number of anilines is 1. The maximum atomic E-state index is 10.6. The van der Waals surface area contributed by atoms with Crippen molar-refractivity contribution in [1.82, 2.24) is 19.9 Å². The number of aromatic nitrogens is 3. The molecule has 2 aromatic heterocycles. The molecular formula is C22H25F6N5O4. The monoisotopic (exact) mass is 537 g/mol. The summed E-state index contributed by atoms with van der Waals surface area (Å²) in [6.45, 7) is 5.29. The number of fused-ring (bicyclic) bond motifs is 1. The smallest absolute Gasteiger partial charge is 0.475 e. The van der Waals surface area contributed by atoms with Gasteiger partial charge >= 0.3 is 24.3 Å². The maximum absolute atomic E-state index is 10.6. The van der Waals surface area contributed by atoms with E-state index < -0.39 is 24.3 Å². The lowest BCUT2D eigenvalue weighted by Crippen LogP contribution is -2.26. The Morgan fingerprint density at radius 1 is 0.838 bits per heavy atom. The van der Waals surface area contributed by atoms with E-state index in [2.05, 4.69) is 36.9 Å². The summed E-state index contributed by atoms with van der Waals surface area (Å²) in [5, 5.41) is 14.2. The van der Waals surface area contributed by atoms with Gasteiger partial charge in [0.25, 0.3) is 0 Å². The SMILES string of the molecule is O=C(O)C(F)(F)F.O=C(O)C(F)(F)F.c1ccc(CN2CCc3ncnc(N4CCCC4)c3CC2)nc1. The van der Waals surface area contributed by atoms with Crippen molar-refractivity contribution in [3.63, 3.8) is 0 Å². The van der Waals surface area contributed by atoms with Crippen molar-refractivity contribution in [2.45, 2.75) is 44.6 Å². The van der Waals surface area contributed by atoms with E-state index in [1.54, 1.807) is 6.33 Å². The van der Waals surface area contributed by atoms with E-state index in [0.717, 1.165) is 51.3 Å². The molecule has 9 nitrogen and oxygen atoms in total. The summed E-state index contributed by atoms with van der Waals surface area (Å²) in [5.41, 5.74) is 3.76. The van der Waals surface area contributed by atoms with Gasteiger partial charge in [-0.25, -0.2) is 19.6 Å². The second kappa shape index (κ2) is 13.2. The highest BCUT2D eigenvalue weighted by Crippen LogP contribution is 2.26. The lowest BCUT2D eigenvalue weighted by molar-refractivity contribution is -0.193. The van der Waals surface area contributed by atoms with Crippen LogP contribution in [0.15, 0.2) is 30.7 Å². The molecule has 15 heteroatoms. The van der Waals surface area contributed by atoms with E-state index in [1.165, 1.54) is 29.9 Å². The molecule has 1 fully saturated rings. The molecule has 0 radical (unpaired) electrons. The standard InChI is InChI=1S/C18H23N5.2C2HF3O2/c1-2-8-19-15(5-1)13-22-11-6-16-17(7-12-22)20-14-21-18(16)23-9-3-4-10-23;2*3-2(4,5)1(6)7/h1-2,5,8,14H,3-4,6-7,9-13H2;2*(H,6,7). The van der Waals surface area contributed by atoms with Gasteiger partial charge in [-0.15, -0.1) is 0 Å². The molecule has 2 aromatic rings. The highest BCUT2D eigenvalue weighted by Gasteiger charge is 2.38. The Morgan fingerprint density at radius 3 is 1.92 bits per heavy atom. The number of carboxylic acid groups (broad SMARTS) is 2. The van der Waals surface area contributed by atoms with Gasteiger partial charge in [-0.05, 0) is 31.4 Å². The van der Waals surface area contributed by atoms with Gasteiger partial charge in [0.2, 0.25) is 0 Å². The molecule has 0 atom stereocenters. The Bertz CT molecular complexity index is 1010. The number of halogens is 6. The Kier molecular flexibility index (Phi) is 10.6. The largest absolute Gasteiger partial charge is 0.490 e. The van der Waals surface area contributed by atoms with Crippen LogP contribution in [-0.4, -0.2) is 80.5 Å². The Morgan fingerprint density at radius 2 is 1.41 bits per heavy atom. The van der Waals surface area contributed by atoms with E-state index >= 15 is 0 Å². The maximum Gasteiger partial charge on any atom is 0.490 e. The van der Waals surface area contributed by atoms with Crippen molar-refractivity contribution in [2.75, 3.05) is 31.1 Å². The minimum Gasteiger partial charge on any atom is -0.475 e. The fraction of sp³-hybridized carbons (Fsp3) is 0.500. The van der Waals surface area contributed by atoms with Crippen LogP contribution < -0.4 is 4.90 Å². The van der Waals surface area contributed by atoms with Gasteiger partial charge in [0, 0.05) is 50.9 Å². The number of aliphatic carboxylic acids is 2. The lowest BCUT2D eigenvalue weighted by atomic mass is 10.1. The predicted octanol–water partition coefficient (Wildman–Crippen LogP) is 3.34. The molecular weight excluding hydrogens is 512 g/mol. The number of hydrogen-bond acceptors (Lipinski definition) is 7. The summed E-state index contributed by atoms with van der Waals surface area (Å²) in [6.07, 6.45) is -1.94. The molecule has 4 heterocycles. The molecule has 0 aromatic carbocycles. The summed E-state index contributed by atoms with van der Waals surface area (Å²) in [7, 11) is 0. The van der Waals surface area contributed by atoms with Crippen LogP contribution in [0.2, 0.25) is 0 Å². The van der Waals surface area contributed by atoms with E-state index in [0.29, 0.717) is 0 Å². The van der Waals surface area contributed by atoms with Gasteiger partial charge in [-0.2, -0.15) is 26.3 Å². The second-order valence-electron chi connectivity index (χ2n) is 8.02. The first-order valence-electron chi connectivity index (χ1n) is 11.1. The van der Waals surface area contributed by atoms with Gasteiger partial charge in [-0.1, -0.05) is 6.07 Å². The van der Waals surface area contributed by atoms with Crippen LogP contribution in [-0.2, 0) is 29.0 Å². The second-order valence-corrected chi connectivity index (χ2v) is 8.02. The molecule has 1 saturated heterocycles. The molecule has 0 saturated carbocycles. The van der Waals surface area contributed by atoms with E-state index in [9.17, 15) is 26.3 Å². The van der Waals surface area contributed by atoms with Crippen molar-refractivity contribution in [1.29, 1.82) is 0 Å². The number of alkyl halides is 6. The quantitative estimate of drug-likeness (QED) is 0.568. The fourth-order valence-corrected chi connectivity index (χ4v) is 3.64. The molecule has 204 valence electrons. The number of carboxylic acids is 2. The Hall–Kier alpha value is -3.49. The number of pyridine rings is 1. The van der Waals surface area contributed by atoms with E-state index in [4.69, 9.17) is 19.8 Å². The summed E-state index contributed by atoms with van der Waals surface area (Å²) < 4.78 is 63.5. The predicted molar refractivity (Wildman–Crippen MR) is 118 cm³/mol. The van der Waals surface area contributed by atoms with Crippen molar-refractivity contribution >= 4 is 17.8 Å². The molecule has 37 heavy (non-hydrogen) atoms. The van der Waals surface area contributed by atoms with Crippen molar-refractivity contribution < 1.29 is 46.1 Å². The zero-order valence-electron chi connectivity index (χ0n) is 19.5. The zero-order valence-corrected chi connectivity index (χ0v) is 19.5. The van der Waals surface area contributed by atoms with E-state index in [1.807, 2.05) is 12.3 Å². The van der Waals surface area contributed by atoms with Crippen LogP contribution in [0.5, 0.6) is 0 Å². The summed E-state index contributed by atoms with van der Waals surface area (Å²) in [5.74, 6) is -4.33. The highest BCUT2D eigenvalue weighted by molar-refractivity contribution is 5.73. The first-order valence-corrected chi connectivity index (χ1v) is 11.1. The van der Waals surface area contributed by atoms with Gasteiger partial charge in [0.05, 0.1) is 11.4 Å². The van der Waals surface area contributed by atoms with Crippen LogP contribution >= 0.6 is 0 Å². The number of hydrogen-bond donors (Lipinski definition) is 2. The molecule has 0 amide bonds. The van der Waals surface area contributed by atoms with Crippen molar-refractivity contribution in [3.05, 3.63) is 47.7 Å². The highest BCUT2D eigenvalue weighted by atomic mass is 19.4. The van der Waals surface area contributed by atoms with Crippen molar-refractivity contribution in [3.8, 4) is 0 Å². The summed E-state index contributed by atoms with van der Waals surface area (Å²) in [4.78, 5) is 36.4. The normalized spacial score (nSPS) is 15.9. The van der Waals surface area contributed by atoms with Crippen LogP contribution in [0.4, 0.5) is 32.2 Å². The number of carbonyl (C=O) groups is 2. The molecule has 2 N–H and O–H groups in total. The average molecular weight is 537 g/mol. The topological polar surface area (TPSA) is 120 Å². The molecule has 0 bridgehead atoms. The third kappa shape index (κ3) is 9.82. The van der Waals surface area contributed by atoms with Gasteiger partial charge in [0.1, 0.15) is 12.1 Å². The fourth-order valence-electron chi connectivity index (χ4n) is 3.64. The minimum absolute atomic E-state index is 0.918. The van der Waals surface area contributed by atoms with Crippen molar-refractivity contribution in [2.24, 2.45) is 0 Å². The molecule has 0 unspecified atom stereocenters. The third-order valence-electron chi connectivity index (χ3n) is 5.36. The summed E-state index contributed by atoms with van der Waals surface area (Å²) >= 11 is 0. The molecule has 0 spiro atoms. The average Bonchev–Trinajstić information content (AvgIpc) is 3.28. The van der Waals surface area contributed by atoms with Gasteiger partial charge in [-0.3, -0.25) is 9.88 Å². The van der Waals surface area contributed by atoms with Crippen LogP contribution in [0, 0.1) is 0 Å². The third-order valence-corrected chi connectivity index (χ3v) is 5.36. The number of nitrogens with zero attached hydrogens (tertiary/aromatic N) is 5.